The standard InChI is InChI=1S/2C8H20N.C8H6O4/c2*1-5-9(6-2,7-3)8-4;9-7(10)5-3-1-2-4-6(5)8(11)12/h2*5-8H2,1-4H3;1-4H,(H,9,10)(H,11,12)/q2*+1;/p-2. The molecule has 1 rings (SSSR count). The molecule has 0 spiro atoms. The predicted molar refractivity (Wildman–Crippen MR) is 120 cm³/mol. The quantitative estimate of drug-likeness (QED) is 0.539. The molecule has 0 atom stereocenters. The molecule has 6 nitrogen and oxygen atoms in total. The molecule has 6 heteroatoms. The van der Waals surface area contributed by atoms with E-state index in [1.165, 1.54) is 73.5 Å². The number of carbonyl (C=O) groups excluding carboxylic acids is 2. The van der Waals surface area contributed by atoms with Crippen LogP contribution in [0.25, 0.3) is 0 Å². The van der Waals surface area contributed by atoms with E-state index >= 15 is 0 Å². The molecule has 0 saturated carbocycles. The lowest BCUT2D eigenvalue weighted by Crippen LogP contribution is -2.47. The summed E-state index contributed by atoms with van der Waals surface area (Å²) >= 11 is 0. The molecule has 30 heavy (non-hydrogen) atoms. The van der Waals surface area contributed by atoms with Crippen LogP contribution in [0.15, 0.2) is 24.3 Å². The van der Waals surface area contributed by atoms with Gasteiger partial charge in [0.2, 0.25) is 0 Å². The maximum absolute atomic E-state index is 10.3. The number of aromatic carboxylic acids is 2. The van der Waals surface area contributed by atoms with Crippen LogP contribution in [-0.2, 0) is 0 Å². The Morgan fingerprint density at radius 3 is 0.867 bits per heavy atom. The Balaban J connectivity index is 0. The monoisotopic (exact) mass is 424 g/mol. The van der Waals surface area contributed by atoms with Gasteiger partial charge in [0.1, 0.15) is 0 Å². The van der Waals surface area contributed by atoms with Crippen LogP contribution in [0.1, 0.15) is 76.1 Å². The molecule has 174 valence electrons. The largest absolute Gasteiger partial charge is 0.545 e. The van der Waals surface area contributed by atoms with Crippen molar-refractivity contribution in [3.05, 3.63) is 35.4 Å². The Morgan fingerprint density at radius 2 is 0.767 bits per heavy atom. The lowest BCUT2D eigenvalue weighted by Gasteiger charge is -2.34. The van der Waals surface area contributed by atoms with Gasteiger partial charge >= 0.3 is 0 Å². The van der Waals surface area contributed by atoms with Crippen LogP contribution >= 0.6 is 0 Å². The zero-order valence-corrected chi connectivity index (χ0v) is 20.5. The third kappa shape index (κ3) is 9.72. The van der Waals surface area contributed by atoms with Gasteiger partial charge in [-0.3, -0.25) is 0 Å². The first-order chi connectivity index (χ1) is 14.1. The molecule has 0 bridgehead atoms. The Kier molecular flexibility index (Phi) is 16.0. The highest BCUT2D eigenvalue weighted by Gasteiger charge is 2.16. The van der Waals surface area contributed by atoms with Crippen molar-refractivity contribution < 1.29 is 28.8 Å². The van der Waals surface area contributed by atoms with E-state index in [2.05, 4.69) is 55.4 Å². The van der Waals surface area contributed by atoms with Gasteiger partial charge in [-0.15, -0.1) is 0 Å². The minimum absolute atomic E-state index is 0.363. The zero-order chi connectivity index (χ0) is 23.8. The first kappa shape index (κ1) is 30.3. The van der Waals surface area contributed by atoms with Gasteiger partial charge in [-0.1, -0.05) is 24.3 Å². The summed E-state index contributed by atoms with van der Waals surface area (Å²) in [4.78, 5) is 20.6. The van der Waals surface area contributed by atoms with E-state index in [9.17, 15) is 19.8 Å². The second kappa shape index (κ2) is 15.9. The van der Waals surface area contributed by atoms with Gasteiger partial charge < -0.3 is 28.8 Å². The van der Waals surface area contributed by atoms with Gasteiger partial charge in [-0.05, 0) is 55.4 Å². The minimum atomic E-state index is -1.52. The number of carboxylic acid groups (broad SMARTS) is 2. The highest BCUT2D eigenvalue weighted by molar-refractivity contribution is 5.99. The number of hydrogen-bond donors (Lipinski definition) is 0. The lowest BCUT2D eigenvalue weighted by molar-refractivity contribution is -0.921. The molecule has 1 aromatic rings. The molecule has 0 aliphatic heterocycles. The Morgan fingerprint density at radius 1 is 0.567 bits per heavy atom. The number of quaternary nitrogens is 2. The van der Waals surface area contributed by atoms with Gasteiger partial charge in [0, 0.05) is 11.1 Å². The van der Waals surface area contributed by atoms with Crippen LogP contribution in [0.5, 0.6) is 0 Å². The number of carbonyl (C=O) groups is 2. The molecule has 0 unspecified atom stereocenters. The van der Waals surface area contributed by atoms with Gasteiger partial charge in [-0.2, -0.15) is 0 Å². The van der Waals surface area contributed by atoms with Crippen molar-refractivity contribution >= 4 is 11.9 Å². The first-order valence-corrected chi connectivity index (χ1v) is 11.3. The summed E-state index contributed by atoms with van der Waals surface area (Å²) in [5.41, 5.74) is -0.727. The second-order valence-electron chi connectivity index (χ2n) is 7.33. The van der Waals surface area contributed by atoms with Crippen LogP contribution in [-0.4, -0.2) is 73.3 Å². The van der Waals surface area contributed by atoms with Crippen molar-refractivity contribution in [2.75, 3.05) is 52.4 Å². The number of rotatable bonds is 10. The van der Waals surface area contributed by atoms with Crippen molar-refractivity contribution in [3.8, 4) is 0 Å². The average molecular weight is 425 g/mol. The van der Waals surface area contributed by atoms with Crippen molar-refractivity contribution in [2.24, 2.45) is 0 Å². The first-order valence-electron chi connectivity index (χ1n) is 11.3. The normalized spacial score (nSPS) is 10.9. The van der Waals surface area contributed by atoms with Crippen LogP contribution in [0, 0.1) is 0 Å². The molecule has 0 N–H and O–H groups in total. The molecule has 0 aliphatic carbocycles. The predicted octanol–water partition coefficient (Wildman–Crippen LogP) is 2.18. The van der Waals surface area contributed by atoms with Crippen molar-refractivity contribution in [3.63, 3.8) is 0 Å². The van der Waals surface area contributed by atoms with Gasteiger partial charge in [0.15, 0.2) is 0 Å². The molecular weight excluding hydrogens is 380 g/mol. The topological polar surface area (TPSA) is 80.3 Å². The lowest BCUT2D eigenvalue weighted by atomic mass is 10.1. The number of carboxylic acids is 2. The molecule has 0 aliphatic rings. The molecule has 0 amide bonds. The molecule has 0 fully saturated rings. The van der Waals surface area contributed by atoms with Crippen LogP contribution in [0.4, 0.5) is 0 Å². The fourth-order valence-electron chi connectivity index (χ4n) is 3.52. The van der Waals surface area contributed by atoms with E-state index in [-0.39, 0.29) is 11.1 Å². The molecular formula is C24H44N2O4. The van der Waals surface area contributed by atoms with E-state index in [4.69, 9.17) is 0 Å². The minimum Gasteiger partial charge on any atom is -0.545 e. The number of benzene rings is 1. The highest BCUT2D eigenvalue weighted by Crippen LogP contribution is 2.06. The average Bonchev–Trinajstić information content (AvgIpc) is 2.78. The van der Waals surface area contributed by atoms with Crippen molar-refractivity contribution in [2.45, 2.75) is 55.4 Å². The van der Waals surface area contributed by atoms with E-state index in [1.807, 2.05) is 0 Å². The van der Waals surface area contributed by atoms with E-state index < -0.39 is 11.9 Å². The summed E-state index contributed by atoms with van der Waals surface area (Å²) in [7, 11) is 0. The van der Waals surface area contributed by atoms with Gasteiger partial charge in [-0.25, -0.2) is 0 Å². The Labute approximate surface area is 184 Å². The third-order valence-electron chi connectivity index (χ3n) is 6.73. The molecule has 0 radical (unpaired) electrons. The summed E-state index contributed by atoms with van der Waals surface area (Å²) in [6.45, 7) is 28.4. The number of hydrogen-bond acceptors (Lipinski definition) is 4. The van der Waals surface area contributed by atoms with Crippen molar-refractivity contribution in [1.82, 2.24) is 0 Å². The van der Waals surface area contributed by atoms with Crippen molar-refractivity contribution in [1.29, 1.82) is 0 Å². The van der Waals surface area contributed by atoms with Crippen LogP contribution in [0.3, 0.4) is 0 Å². The van der Waals surface area contributed by atoms with Crippen LogP contribution < -0.4 is 10.2 Å². The summed E-state index contributed by atoms with van der Waals surface area (Å²) in [6.07, 6.45) is 0. The molecule has 1 aromatic carbocycles. The molecule has 0 saturated heterocycles. The summed E-state index contributed by atoms with van der Waals surface area (Å²) in [6, 6.07) is 5.14. The van der Waals surface area contributed by atoms with E-state index in [1.54, 1.807) is 0 Å². The number of nitrogens with zero attached hydrogens (tertiary/aromatic N) is 2. The second-order valence-corrected chi connectivity index (χ2v) is 7.33. The Hall–Kier alpha value is -1.92. The molecule has 0 aromatic heterocycles. The maximum Gasteiger partial charge on any atom is 0.0757 e. The van der Waals surface area contributed by atoms with Gasteiger partial charge in [0.05, 0.1) is 64.3 Å². The Bertz CT molecular complexity index is 521. The smallest absolute Gasteiger partial charge is 0.0757 e. The fourth-order valence-corrected chi connectivity index (χ4v) is 3.52. The summed E-state index contributed by atoms with van der Waals surface area (Å²) < 4.78 is 2.56. The molecule has 0 heterocycles. The summed E-state index contributed by atoms with van der Waals surface area (Å²) in [5.74, 6) is -3.04. The maximum atomic E-state index is 10.3. The van der Waals surface area contributed by atoms with E-state index in [0.29, 0.717) is 0 Å². The zero-order valence-electron chi connectivity index (χ0n) is 20.5. The SMILES string of the molecule is CC[N+](CC)(CC)CC.CC[N+](CC)(CC)CC.O=C([O-])c1ccccc1C(=O)[O-]. The fraction of sp³-hybridized carbons (Fsp3) is 0.667. The van der Waals surface area contributed by atoms with Crippen LogP contribution in [0.2, 0.25) is 0 Å². The highest BCUT2D eigenvalue weighted by atomic mass is 16.4. The summed E-state index contributed by atoms with van der Waals surface area (Å²) in [5, 5.41) is 20.6. The third-order valence-corrected chi connectivity index (χ3v) is 6.73. The van der Waals surface area contributed by atoms with Gasteiger partial charge in [0.25, 0.3) is 0 Å². The van der Waals surface area contributed by atoms with E-state index in [0.717, 1.165) is 12.1 Å².